The van der Waals surface area contributed by atoms with Gasteiger partial charge in [0, 0.05) is 12.4 Å². The molecule has 0 saturated heterocycles. The van der Waals surface area contributed by atoms with Gasteiger partial charge in [-0.05, 0) is 35.4 Å². The molecule has 0 spiro atoms. The van der Waals surface area contributed by atoms with Crippen LogP contribution in [0.4, 0.5) is 0 Å². The molecule has 2 nitrogen and oxygen atoms in total. The minimum absolute atomic E-state index is 0.288. The molecule has 0 bridgehead atoms. The molecule has 0 amide bonds. The first kappa shape index (κ1) is 9.46. The van der Waals surface area contributed by atoms with Crippen LogP contribution in [0.15, 0.2) is 48.8 Å². The highest BCUT2D eigenvalue weighted by Crippen LogP contribution is 2.12. The lowest BCUT2D eigenvalue weighted by Crippen LogP contribution is -1.73. The molecule has 0 unspecified atom stereocenters. The normalized spacial score (nSPS) is 10.7. The quantitative estimate of drug-likeness (QED) is 0.802. The molecule has 1 N–H and O–H groups in total. The third-order valence-electron chi connectivity index (χ3n) is 2.07. The number of aromatic hydroxyl groups is 1. The Kier molecular flexibility index (Phi) is 2.79. The van der Waals surface area contributed by atoms with Crippen LogP contribution in [0.2, 0.25) is 0 Å². The summed E-state index contributed by atoms with van der Waals surface area (Å²) in [5.74, 6) is 0.288. The van der Waals surface area contributed by atoms with E-state index in [-0.39, 0.29) is 5.75 Å². The molecule has 74 valence electrons. The highest BCUT2D eigenvalue weighted by atomic mass is 16.3. The number of nitrogens with zero attached hydrogens (tertiary/aromatic N) is 1. The lowest BCUT2D eigenvalue weighted by Gasteiger charge is -1.94. The van der Waals surface area contributed by atoms with Gasteiger partial charge in [-0.2, -0.15) is 0 Å². The highest BCUT2D eigenvalue weighted by molar-refractivity contribution is 5.69. The van der Waals surface area contributed by atoms with E-state index in [1.54, 1.807) is 24.5 Å². The summed E-state index contributed by atoms with van der Waals surface area (Å²) in [6, 6.07) is 11.0. The molecule has 2 rings (SSSR count). The second kappa shape index (κ2) is 4.42. The summed E-state index contributed by atoms with van der Waals surface area (Å²) in [6.07, 6.45) is 7.52. The zero-order valence-electron chi connectivity index (χ0n) is 8.17. The Morgan fingerprint density at radius 2 is 1.33 bits per heavy atom. The largest absolute Gasteiger partial charge is 0.508 e. The highest BCUT2D eigenvalue weighted by Gasteiger charge is 1.88. The number of phenols is 1. The van der Waals surface area contributed by atoms with E-state index < -0.39 is 0 Å². The fourth-order valence-electron chi connectivity index (χ4n) is 1.25. The zero-order chi connectivity index (χ0) is 10.5. The molecule has 0 aliphatic heterocycles. The molecule has 0 fully saturated rings. The SMILES string of the molecule is Oc1ccc(C=Cc2ccncc2)cc1. The van der Waals surface area contributed by atoms with Gasteiger partial charge < -0.3 is 5.11 Å². The topological polar surface area (TPSA) is 33.1 Å². The molecule has 2 heteroatoms. The number of benzene rings is 1. The maximum Gasteiger partial charge on any atom is 0.115 e. The molecule has 0 radical (unpaired) electrons. The maximum absolute atomic E-state index is 9.11. The number of hydrogen-bond acceptors (Lipinski definition) is 2. The molecule has 0 saturated carbocycles. The minimum atomic E-state index is 0.288. The van der Waals surface area contributed by atoms with E-state index >= 15 is 0 Å². The number of rotatable bonds is 2. The van der Waals surface area contributed by atoms with Crippen molar-refractivity contribution in [1.29, 1.82) is 0 Å². The van der Waals surface area contributed by atoms with Gasteiger partial charge in [0.1, 0.15) is 5.75 Å². The van der Waals surface area contributed by atoms with Crippen LogP contribution in [-0.4, -0.2) is 10.1 Å². The van der Waals surface area contributed by atoms with Crippen molar-refractivity contribution in [3.8, 4) is 5.75 Å². The van der Waals surface area contributed by atoms with E-state index in [1.807, 2.05) is 36.4 Å². The van der Waals surface area contributed by atoms with Crippen LogP contribution >= 0.6 is 0 Å². The van der Waals surface area contributed by atoms with Crippen LogP contribution in [0, 0.1) is 0 Å². The first-order valence-electron chi connectivity index (χ1n) is 4.72. The number of hydrogen-bond donors (Lipinski definition) is 1. The van der Waals surface area contributed by atoms with Gasteiger partial charge in [0.25, 0.3) is 0 Å². The fourth-order valence-corrected chi connectivity index (χ4v) is 1.25. The summed E-state index contributed by atoms with van der Waals surface area (Å²) in [5, 5.41) is 9.11. The lowest BCUT2D eigenvalue weighted by atomic mass is 10.1. The molecule has 0 aliphatic carbocycles. The summed E-state index contributed by atoms with van der Waals surface area (Å²) in [5.41, 5.74) is 2.17. The Balaban J connectivity index is 2.15. The standard InChI is InChI=1S/C13H11NO/c15-13-5-3-11(4-6-13)1-2-12-7-9-14-10-8-12/h1-10,15H. The third-order valence-corrected chi connectivity index (χ3v) is 2.07. The predicted molar refractivity (Wildman–Crippen MR) is 61.3 cm³/mol. The van der Waals surface area contributed by atoms with Crippen LogP contribution in [0.1, 0.15) is 11.1 Å². The average Bonchev–Trinajstić information content (AvgIpc) is 2.30. The number of pyridine rings is 1. The summed E-state index contributed by atoms with van der Waals surface area (Å²) in [4.78, 5) is 3.95. The van der Waals surface area contributed by atoms with Crippen molar-refractivity contribution in [2.45, 2.75) is 0 Å². The Hall–Kier alpha value is -2.09. The average molecular weight is 197 g/mol. The predicted octanol–water partition coefficient (Wildman–Crippen LogP) is 2.96. The molecular formula is C13H11NO. The molecule has 15 heavy (non-hydrogen) atoms. The van der Waals surface area contributed by atoms with Gasteiger partial charge in [0.15, 0.2) is 0 Å². The second-order valence-corrected chi connectivity index (χ2v) is 3.21. The van der Waals surface area contributed by atoms with Gasteiger partial charge in [0.05, 0.1) is 0 Å². The van der Waals surface area contributed by atoms with Gasteiger partial charge in [-0.1, -0.05) is 24.3 Å². The Morgan fingerprint density at radius 1 is 0.800 bits per heavy atom. The van der Waals surface area contributed by atoms with Crippen LogP contribution in [-0.2, 0) is 0 Å². The Morgan fingerprint density at radius 3 is 1.93 bits per heavy atom. The van der Waals surface area contributed by atoms with E-state index in [4.69, 9.17) is 5.11 Å². The molecular weight excluding hydrogens is 186 g/mol. The van der Waals surface area contributed by atoms with Crippen molar-refractivity contribution >= 4 is 12.2 Å². The maximum atomic E-state index is 9.11. The van der Waals surface area contributed by atoms with E-state index in [1.165, 1.54) is 0 Å². The molecule has 1 aromatic heterocycles. The third kappa shape index (κ3) is 2.68. The van der Waals surface area contributed by atoms with Gasteiger partial charge in [-0.3, -0.25) is 4.98 Å². The molecule has 1 heterocycles. The van der Waals surface area contributed by atoms with E-state index in [9.17, 15) is 0 Å². The first-order chi connectivity index (χ1) is 7.34. The molecule has 0 atom stereocenters. The van der Waals surface area contributed by atoms with Crippen molar-refractivity contribution in [3.05, 3.63) is 59.9 Å². The van der Waals surface area contributed by atoms with Gasteiger partial charge in [0.2, 0.25) is 0 Å². The van der Waals surface area contributed by atoms with E-state index in [0.717, 1.165) is 11.1 Å². The van der Waals surface area contributed by atoms with Crippen molar-refractivity contribution < 1.29 is 5.11 Å². The van der Waals surface area contributed by atoms with Crippen molar-refractivity contribution in [2.75, 3.05) is 0 Å². The second-order valence-electron chi connectivity index (χ2n) is 3.21. The number of aromatic nitrogens is 1. The Bertz CT molecular complexity index is 446. The molecule has 0 aliphatic rings. The Labute approximate surface area is 88.5 Å². The summed E-state index contributed by atoms with van der Waals surface area (Å²) in [6.45, 7) is 0. The minimum Gasteiger partial charge on any atom is -0.508 e. The zero-order valence-corrected chi connectivity index (χ0v) is 8.17. The van der Waals surface area contributed by atoms with Crippen LogP contribution in [0.5, 0.6) is 5.75 Å². The van der Waals surface area contributed by atoms with Crippen molar-refractivity contribution in [2.24, 2.45) is 0 Å². The van der Waals surface area contributed by atoms with Crippen molar-refractivity contribution in [3.63, 3.8) is 0 Å². The van der Waals surface area contributed by atoms with Gasteiger partial charge >= 0.3 is 0 Å². The molecule has 1 aromatic carbocycles. The van der Waals surface area contributed by atoms with Crippen LogP contribution < -0.4 is 0 Å². The first-order valence-corrected chi connectivity index (χ1v) is 4.72. The summed E-state index contributed by atoms with van der Waals surface area (Å²) >= 11 is 0. The number of phenolic OH excluding ortho intramolecular Hbond substituents is 1. The van der Waals surface area contributed by atoms with E-state index in [0.29, 0.717) is 0 Å². The molecule has 2 aromatic rings. The fraction of sp³-hybridized carbons (Fsp3) is 0. The van der Waals surface area contributed by atoms with Gasteiger partial charge in [-0.25, -0.2) is 0 Å². The monoisotopic (exact) mass is 197 g/mol. The summed E-state index contributed by atoms with van der Waals surface area (Å²) < 4.78 is 0. The lowest BCUT2D eigenvalue weighted by molar-refractivity contribution is 0.475. The smallest absolute Gasteiger partial charge is 0.115 e. The van der Waals surface area contributed by atoms with Crippen molar-refractivity contribution in [1.82, 2.24) is 4.98 Å². The summed E-state index contributed by atoms with van der Waals surface area (Å²) in [7, 11) is 0. The van der Waals surface area contributed by atoms with E-state index in [2.05, 4.69) is 4.98 Å². The van der Waals surface area contributed by atoms with Crippen LogP contribution in [0.3, 0.4) is 0 Å². The van der Waals surface area contributed by atoms with Gasteiger partial charge in [-0.15, -0.1) is 0 Å². The van der Waals surface area contributed by atoms with Crippen LogP contribution in [0.25, 0.3) is 12.2 Å².